The molecule has 4 nitrogen and oxygen atoms in total. The minimum absolute atomic E-state index is 0.0640. The summed E-state index contributed by atoms with van der Waals surface area (Å²) in [7, 11) is 1.44. The standard InChI is InChI=1S/C9H12O4/c1-13-6-4-8(11)7(2-3-10)9(12)5-6/h4-5,10-12H,2-3H2,1H3. The van der Waals surface area contributed by atoms with Gasteiger partial charge in [-0.15, -0.1) is 0 Å². The highest BCUT2D eigenvalue weighted by Crippen LogP contribution is 2.32. The summed E-state index contributed by atoms with van der Waals surface area (Å²) in [5.74, 6) is 0.258. The Kier molecular flexibility index (Phi) is 2.97. The summed E-state index contributed by atoms with van der Waals surface area (Å²) >= 11 is 0. The second kappa shape index (κ2) is 4.00. The number of ether oxygens (including phenoxy) is 1. The van der Waals surface area contributed by atoms with Crippen molar-refractivity contribution >= 4 is 0 Å². The van der Waals surface area contributed by atoms with Crippen LogP contribution in [0, 0.1) is 0 Å². The normalized spacial score (nSPS) is 10.0. The molecule has 1 aromatic carbocycles. The van der Waals surface area contributed by atoms with Crippen LogP contribution in [-0.2, 0) is 6.42 Å². The van der Waals surface area contributed by atoms with Gasteiger partial charge in [-0.1, -0.05) is 0 Å². The summed E-state index contributed by atoms with van der Waals surface area (Å²) in [4.78, 5) is 0. The highest BCUT2D eigenvalue weighted by Gasteiger charge is 2.08. The van der Waals surface area contributed by atoms with Gasteiger partial charge in [-0.05, 0) is 0 Å². The number of aliphatic hydroxyl groups excluding tert-OH is 1. The van der Waals surface area contributed by atoms with Crippen LogP contribution < -0.4 is 4.74 Å². The van der Waals surface area contributed by atoms with E-state index < -0.39 is 0 Å². The van der Waals surface area contributed by atoms with E-state index in [1.54, 1.807) is 0 Å². The highest BCUT2D eigenvalue weighted by atomic mass is 16.5. The summed E-state index contributed by atoms with van der Waals surface area (Å²) in [6, 6.07) is 2.79. The molecule has 0 radical (unpaired) electrons. The number of aliphatic hydroxyl groups is 1. The Morgan fingerprint density at radius 3 is 2.15 bits per heavy atom. The number of methoxy groups -OCH3 is 1. The van der Waals surface area contributed by atoms with Crippen molar-refractivity contribution in [3.05, 3.63) is 17.7 Å². The van der Waals surface area contributed by atoms with Gasteiger partial charge in [0.25, 0.3) is 0 Å². The Hall–Kier alpha value is -1.42. The molecule has 0 heterocycles. The molecule has 0 aromatic heterocycles. The van der Waals surface area contributed by atoms with Crippen LogP contribution >= 0.6 is 0 Å². The van der Waals surface area contributed by atoms with Crippen molar-refractivity contribution < 1.29 is 20.1 Å². The first-order valence-corrected chi connectivity index (χ1v) is 3.88. The predicted molar refractivity (Wildman–Crippen MR) is 47.1 cm³/mol. The molecule has 3 N–H and O–H groups in total. The van der Waals surface area contributed by atoms with Gasteiger partial charge in [-0.25, -0.2) is 0 Å². The van der Waals surface area contributed by atoms with Gasteiger partial charge in [-0.3, -0.25) is 0 Å². The highest BCUT2D eigenvalue weighted by molar-refractivity contribution is 5.49. The van der Waals surface area contributed by atoms with Crippen molar-refractivity contribution in [1.29, 1.82) is 0 Å². The lowest BCUT2D eigenvalue weighted by atomic mass is 10.1. The Bertz CT molecular complexity index is 273. The van der Waals surface area contributed by atoms with E-state index in [0.29, 0.717) is 11.3 Å². The van der Waals surface area contributed by atoms with E-state index in [1.807, 2.05) is 0 Å². The van der Waals surface area contributed by atoms with E-state index in [1.165, 1.54) is 19.2 Å². The predicted octanol–water partition coefficient (Wildman–Crippen LogP) is 0.641. The third-order valence-corrected chi connectivity index (χ3v) is 1.77. The van der Waals surface area contributed by atoms with E-state index >= 15 is 0 Å². The molecule has 0 saturated heterocycles. The first-order chi connectivity index (χ1) is 6.19. The van der Waals surface area contributed by atoms with Crippen LogP contribution in [0.5, 0.6) is 17.2 Å². The maximum absolute atomic E-state index is 9.38. The van der Waals surface area contributed by atoms with E-state index in [4.69, 9.17) is 9.84 Å². The van der Waals surface area contributed by atoms with E-state index in [2.05, 4.69) is 0 Å². The molecule has 4 heteroatoms. The molecular weight excluding hydrogens is 172 g/mol. The van der Waals surface area contributed by atoms with Crippen LogP contribution in [-0.4, -0.2) is 29.0 Å². The van der Waals surface area contributed by atoms with Crippen LogP contribution in [0.4, 0.5) is 0 Å². The number of benzene rings is 1. The van der Waals surface area contributed by atoms with Crippen molar-refractivity contribution in [2.24, 2.45) is 0 Å². The van der Waals surface area contributed by atoms with Gasteiger partial charge in [0.2, 0.25) is 0 Å². The van der Waals surface area contributed by atoms with Gasteiger partial charge in [0.05, 0.1) is 7.11 Å². The molecular formula is C9H12O4. The van der Waals surface area contributed by atoms with Crippen LogP contribution in [0.15, 0.2) is 12.1 Å². The average Bonchev–Trinajstić information content (AvgIpc) is 2.11. The lowest BCUT2D eigenvalue weighted by Crippen LogP contribution is -1.93. The molecule has 13 heavy (non-hydrogen) atoms. The van der Waals surface area contributed by atoms with Gasteiger partial charge < -0.3 is 20.1 Å². The zero-order chi connectivity index (χ0) is 9.84. The Morgan fingerprint density at radius 2 is 1.77 bits per heavy atom. The average molecular weight is 184 g/mol. The molecule has 0 atom stereocenters. The number of phenolic OH excluding ortho intramolecular Hbond substituents is 2. The lowest BCUT2D eigenvalue weighted by Gasteiger charge is -2.07. The minimum Gasteiger partial charge on any atom is -0.507 e. The van der Waals surface area contributed by atoms with Crippen LogP contribution in [0.2, 0.25) is 0 Å². The number of hydrogen-bond donors (Lipinski definition) is 3. The first-order valence-electron chi connectivity index (χ1n) is 3.88. The lowest BCUT2D eigenvalue weighted by molar-refractivity contribution is 0.294. The summed E-state index contributed by atoms with van der Waals surface area (Å²) in [5.41, 5.74) is 0.336. The van der Waals surface area contributed by atoms with Gasteiger partial charge in [0, 0.05) is 30.7 Å². The molecule has 1 aromatic rings. The third kappa shape index (κ3) is 2.03. The second-order valence-electron chi connectivity index (χ2n) is 2.62. The van der Waals surface area contributed by atoms with E-state index in [-0.39, 0.29) is 24.5 Å². The third-order valence-electron chi connectivity index (χ3n) is 1.77. The van der Waals surface area contributed by atoms with Gasteiger partial charge in [0.15, 0.2) is 0 Å². The number of rotatable bonds is 3. The number of hydrogen-bond acceptors (Lipinski definition) is 4. The van der Waals surface area contributed by atoms with Crippen molar-refractivity contribution in [3.8, 4) is 17.2 Å². The molecule has 0 spiro atoms. The number of aromatic hydroxyl groups is 2. The molecule has 0 amide bonds. The second-order valence-corrected chi connectivity index (χ2v) is 2.62. The SMILES string of the molecule is COc1cc(O)c(CCO)c(O)c1. The van der Waals surface area contributed by atoms with Crippen molar-refractivity contribution in [2.75, 3.05) is 13.7 Å². The maximum Gasteiger partial charge on any atom is 0.126 e. The van der Waals surface area contributed by atoms with Gasteiger partial charge in [0.1, 0.15) is 17.2 Å². The Labute approximate surface area is 76.0 Å². The molecule has 0 unspecified atom stereocenters. The smallest absolute Gasteiger partial charge is 0.126 e. The maximum atomic E-state index is 9.38. The fourth-order valence-electron chi connectivity index (χ4n) is 1.10. The monoisotopic (exact) mass is 184 g/mol. The molecule has 0 aliphatic heterocycles. The first kappa shape index (κ1) is 9.67. The fraction of sp³-hybridized carbons (Fsp3) is 0.333. The van der Waals surface area contributed by atoms with Crippen molar-refractivity contribution in [3.63, 3.8) is 0 Å². The summed E-state index contributed by atoms with van der Waals surface area (Å²) in [6.07, 6.45) is 0.224. The molecule has 0 aliphatic carbocycles. The largest absolute Gasteiger partial charge is 0.507 e. The van der Waals surface area contributed by atoms with E-state index in [0.717, 1.165) is 0 Å². The summed E-state index contributed by atoms with van der Waals surface area (Å²) in [6.45, 7) is -0.118. The molecule has 0 saturated carbocycles. The van der Waals surface area contributed by atoms with Gasteiger partial charge >= 0.3 is 0 Å². The zero-order valence-corrected chi connectivity index (χ0v) is 7.32. The summed E-state index contributed by atoms with van der Waals surface area (Å²) < 4.78 is 4.83. The van der Waals surface area contributed by atoms with Crippen LogP contribution in [0.25, 0.3) is 0 Å². The van der Waals surface area contributed by atoms with Crippen LogP contribution in [0.3, 0.4) is 0 Å². The van der Waals surface area contributed by atoms with Crippen LogP contribution in [0.1, 0.15) is 5.56 Å². The van der Waals surface area contributed by atoms with Gasteiger partial charge in [-0.2, -0.15) is 0 Å². The summed E-state index contributed by atoms with van der Waals surface area (Å²) in [5, 5.41) is 27.4. The molecule has 0 bridgehead atoms. The van der Waals surface area contributed by atoms with Crippen molar-refractivity contribution in [1.82, 2.24) is 0 Å². The fourth-order valence-corrected chi connectivity index (χ4v) is 1.10. The topological polar surface area (TPSA) is 69.9 Å². The molecule has 0 aliphatic rings. The molecule has 1 rings (SSSR count). The molecule has 0 fully saturated rings. The minimum atomic E-state index is -0.118. The molecule has 72 valence electrons. The van der Waals surface area contributed by atoms with Crippen molar-refractivity contribution in [2.45, 2.75) is 6.42 Å². The zero-order valence-electron chi connectivity index (χ0n) is 7.32. The Morgan fingerprint density at radius 1 is 1.23 bits per heavy atom. The Balaban J connectivity index is 3.07. The van der Waals surface area contributed by atoms with E-state index in [9.17, 15) is 10.2 Å². The number of phenols is 2. The quantitative estimate of drug-likeness (QED) is 0.644.